The van der Waals surface area contributed by atoms with Crippen LogP contribution in [0.5, 0.6) is 0 Å². The summed E-state index contributed by atoms with van der Waals surface area (Å²) in [5.41, 5.74) is 0.414. The number of hydrogen-bond acceptors (Lipinski definition) is 4. The maximum atomic E-state index is 13.4. The van der Waals surface area contributed by atoms with Crippen molar-refractivity contribution in [3.05, 3.63) is 11.8 Å². The van der Waals surface area contributed by atoms with Gasteiger partial charge in [-0.1, -0.05) is 47.0 Å². The van der Waals surface area contributed by atoms with Gasteiger partial charge in [0.1, 0.15) is 6.07 Å². The van der Waals surface area contributed by atoms with E-state index in [1.807, 2.05) is 6.07 Å². The molecule has 4 nitrogen and oxygen atoms in total. The zero-order chi connectivity index (χ0) is 22.3. The molecule has 0 bridgehead atoms. The van der Waals surface area contributed by atoms with Crippen LogP contribution in [0.15, 0.2) is 11.8 Å². The fourth-order valence-corrected chi connectivity index (χ4v) is 9.00. The summed E-state index contributed by atoms with van der Waals surface area (Å²) in [6, 6.07) is 1.97. The van der Waals surface area contributed by atoms with E-state index in [0.717, 1.165) is 41.7 Å². The summed E-state index contributed by atoms with van der Waals surface area (Å²) in [6.45, 7) is 9.86. The molecule has 31 heavy (non-hydrogen) atoms. The Morgan fingerprint density at radius 3 is 2.65 bits per heavy atom. The number of allylic oxidation sites excluding steroid dienone is 1. The topological polar surface area (TPSA) is 76.7 Å². The van der Waals surface area contributed by atoms with Crippen molar-refractivity contribution >= 4 is 12.0 Å². The van der Waals surface area contributed by atoms with Crippen LogP contribution in [0.25, 0.3) is 0 Å². The number of nitrogens with one attached hydrogen (secondary N) is 2. The van der Waals surface area contributed by atoms with Gasteiger partial charge in [0.15, 0.2) is 5.78 Å². The average Bonchev–Trinajstić information content (AvgIpc) is 3.28. The zero-order valence-corrected chi connectivity index (χ0v) is 19.9. The number of fused-ring (bicyclic) bond motifs is 5. The van der Waals surface area contributed by atoms with E-state index in [0.29, 0.717) is 17.6 Å². The average molecular weight is 424 g/mol. The molecule has 4 aliphatic rings. The Bertz CT molecular complexity index is 782. The highest BCUT2D eigenvalue weighted by Gasteiger charge is 2.73. The van der Waals surface area contributed by atoms with E-state index in [4.69, 9.17) is 10.7 Å². The van der Waals surface area contributed by atoms with Gasteiger partial charge in [0.25, 0.3) is 0 Å². The van der Waals surface area contributed by atoms with Crippen molar-refractivity contribution in [1.29, 1.82) is 10.7 Å². The minimum absolute atomic E-state index is 0.154. The van der Waals surface area contributed by atoms with Crippen LogP contribution < -0.4 is 5.32 Å². The Balaban J connectivity index is 1.54. The highest BCUT2D eigenvalue weighted by molar-refractivity contribution is 5.86. The highest BCUT2D eigenvalue weighted by atomic mass is 16.1. The molecule has 0 aromatic heterocycles. The van der Waals surface area contributed by atoms with E-state index >= 15 is 0 Å². The number of Topliss-reactive ketones (excluding diaryl/α,β-unsaturated/α-hetero) is 1. The van der Waals surface area contributed by atoms with E-state index in [1.54, 1.807) is 0 Å². The first-order valence-corrected chi connectivity index (χ1v) is 12.8. The summed E-state index contributed by atoms with van der Waals surface area (Å²) in [6.07, 6.45) is 11.9. The maximum Gasteiger partial charge on any atom is 0.155 e. The number of ketones is 1. The summed E-state index contributed by atoms with van der Waals surface area (Å²) in [5, 5.41) is 19.3. The van der Waals surface area contributed by atoms with Crippen molar-refractivity contribution in [2.24, 2.45) is 58.7 Å². The minimum Gasteiger partial charge on any atom is -0.383 e. The van der Waals surface area contributed by atoms with Gasteiger partial charge in [-0.2, -0.15) is 5.26 Å². The van der Waals surface area contributed by atoms with Gasteiger partial charge < -0.3 is 10.7 Å². The largest absolute Gasteiger partial charge is 0.383 e. The number of nitriles is 1. The number of carbonyl (C=O) groups excluding carboxylic acids is 1. The predicted molar refractivity (Wildman–Crippen MR) is 124 cm³/mol. The minimum atomic E-state index is 0.154. The molecule has 2 N–H and O–H groups in total. The Kier molecular flexibility index (Phi) is 6.35. The van der Waals surface area contributed by atoms with Crippen LogP contribution >= 0.6 is 0 Å². The Labute approximate surface area is 188 Å². The molecule has 0 amide bonds. The molecular formula is C27H41N3O. The lowest BCUT2D eigenvalue weighted by atomic mass is 9.49. The van der Waals surface area contributed by atoms with E-state index < -0.39 is 0 Å². The van der Waals surface area contributed by atoms with Gasteiger partial charge in [-0.05, 0) is 78.4 Å². The molecule has 0 radical (unpaired) electrons. The molecule has 0 heterocycles. The fraction of sp³-hybridized carbons (Fsp3) is 0.815. The third-order valence-corrected chi connectivity index (χ3v) is 10.2. The Morgan fingerprint density at radius 2 is 2.00 bits per heavy atom. The van der Waals surface area contributed by atoms with Gasteiger partial charge in [0.05, 0.1) is 12.1 Å². The van der Waals surface area contributed by atoms with E-state index in [2.05, 4.69) is 33.0 Å². The molecule has 4 aliphatic carbocycles. The van der Waals surface area contributed by atoms with Crippen molar-refractivity contribution in [3.63, 3.8) is 0 Å². The van der Waals surface area contributed by atoms with Gasteiger partial charge in [0, 0.05) is 18.3 Å². The first kappa shape index (κ1) is 22.6. The lowest BCUT2D eigenvalue weighted by Crippen LogP contribution is -2.51. The van der Waals surface area contributed by atoms with Crippen LogP contribution in [0.3, 0.4) is 0 Å². The first-order chi connectivity index (χ1) is 14.9. The van der Waals surface area contributed by atoms with Crippen molar-refractivity contribution in [2.45, 2.75) is 72.6 Å². The molecule has 0 spiro atoms. The second kappa shape index (κ2) is 8.72. The molecule has 10 atom stereocenters. The lowest BCUT2D eigenvalue weighted by molar-refractivity contribution is -0.132. The van der Waals surface area contributed by atoms with Gasteiger partial charge in [0.2, 0.25) is 0 Å². The molecular weight excluding hydrogens is 382 g/mol. The molecule has 0 aromatic carbocycles. The maximum absolute atomic E-state index is 13.4. The predicted octanol–water partition coefficient (Wildman–Crippen LogP) is 5.60. The highest BCUT2D eigenvalue weighted by Crippen LogP contribution is 2.76. The molecule has 0 aromatic rings. The van der Waals surface area contributed by atoms with Crippen LogP contribution in [-0.4, -0.2) is 18.5 Å². The van der Waals surface area contributed by atoms with Crippen molar-refractivity contribution < 1.29 is 4.79 Å². The van der Waals surface area contributed by atoms with Crippen molar-refractivity contribution in [1.82, 2.24) is 5.32 Å². The van der Waals surface area contributed by atoms with Crippen LogP contribution in [0, 0.1) is 75.4 Å². The number of hydrogen-bond donors (Lipinski definition) is 2. The van der Waals surface area contributed by atoms with Gasteiger partial charge in [-0.15, -0.1) is 0 Å². The van der Waals surface area contributed by atoms with E-state index in [9.17, 15) is 4.79 Å². The Morgan fingerprint density at radius 1 is 1.23 bits per heavy atom. The normalized spacial score (nSPS) is 45.6. The van der Waals surface area contributed by atoms with Crippen LogP contribution in [-0.2, 0) is 4.79 Å². The third-order valence-electron chi connectivity index (χ3n) is 10.2. The number of carbonyl (C=O) groups is 1. The molecule has 170 valence electrons. The summed E-state index contributed by atoms with van der Waals surface area (Å²) < 4.78 is 0. The molecule has 0 saturated heterocycles. The fourth-order valence-electron chi connectivity index (χ4n) is 9.00. The van der Waals surface area contributed by atoms with Gasteiger partial charge in [-0.3, -0.25) is 4.79 Å². The molecule has 4 heteroatoms. The molecule has 4 rings (SSSR count). The number of rotatable bonds is 8. The van der Waals surface area contributed by atoms with Gasteiger partial charge >= 0.3 is 0 Å². The lowest BCUT2D eigenvalue weighted by Gasteiger charge is -2.56. The second-order valence-corrected chi connectivity index (χ2v) is 11.3. The second-order valence-electron chi connectivity index (χ2n) is 11.3. The summed E-state index contributed by atoms with van der Waals surface area (Å²) in [7, 11) is 0. The SMILES string of the molecule is CCCC1C(CC)CCC2C1CCC1(C)C(C(=O)CN/C=C(/C#N)C=N)C3C(C)C3C21. The zero-order valence-electron chi connectivity index (χ0n) is 19.9. The monoisotopic (exact) mass is 423 g/mol. The van der Waals surface area contributed by atoms with Crippen LogP contribution in [0.1, 0.15) is 72.6 Å². The van der Waals surface area contributed by atoms with Gasteiger partial charge in [-0.25, -0.2) is 0 Å². The standard InChI is InChI=1S/C27H41N3O/c1-5-7-19-18(6-2)8-9-21-20(19)10-11-27(4)25(21)23-16(3)24(23)26(27)22(31)15-30-14-17(12-28)13-29/h12,14,16,18-21,23-26,28,30H,5-11,15H2,1-4H3/b17-14+,28-12?. The van der Waals surface area contributed by atoms with Crippen LogP contribution in [0.4, 0.5) is 0 Å². The summed E-state index contributed by atoms with van der Waals surface area (Å²) >= 11 is 0. The molecule has 4 saturated carbocycles. The van der Waals surface area contributed by atoms with Crippen LogP contribution in [0.2, 0.25) is 0 Å². The third kappa shape index (κ3) is 3.57. The molecule has 0 aliphatic heterocycles. The first-order valence-electron chi connectivity index (χ1n) is 12.8. The Hall–Kier alpha value is -1.63. The van der Waals surface area contributed by atoms with Crippen molar-refractivity contribution in [3.8, 4) is 6.07 Å². The number of nitrogens with zero attached hydrogens (tertiary/aromatic N) is 1. The quantitative estimate of drug-likeness (QED) is 0.394. The molecule has 10 unspecified atom stereocenters. The summed E-state index contributed by atoms with van der Waals surface area (Å²) in [4.78, 5) is 13.4. The van der Waals surface area contributed by atoms with E-state index in [1.165, 1.54) is 51.1 Å². The summed E-state index contributed by atoms with van der Waals surface area (Å²) in [5.74, 6) is 6.74. The smallest absolute Gasteiger partial charge is 0.155 e. The van der Waals surface area contributed by atoms with E-state index in [-0.39, 0.29) is 23.5 Å². The van der Waals surface area contributed by atoms with Crippen molar-refractivity contribution in [2.75, 3.05) is 6.54 Å². The molecule has 4 fully saturated rings.